The van der Waals surface area contributed by atoms with E-state index in [2.05, 4.69) is 12.2 Å². The lowest BCUT2D eigenvalue weighted by Gasteiger charge is -2.39. The fourth-order valence-electron chi connectivity index (χ4n) is 4.08. The highest BCUT2D eigenvalue weighted by atomic mass is 19.1. The molecule has 2 saturated carbocycles. The molecule has 2 aliphatic carbocycles. The van der Waals surface area contributed by atoms with Gasteiger partial charge < -0.3 is 5.32 Å². The SMILES string of the molecule is C[C@@H](NC1CC(c2ccc(F)cc2)C1)C1CCCCCC1. The van der Waals surface area contributed by atoms with E-state index in [1.807, 2.05) is 12.1 Å². The van der Waals surface area contributed by atoms with Gasteiger partial charge in [0.1, 0.15) is 5.82 Å². The second kappa shape index (κ2) is 6.91. The van der Waals surface area contributed by atoms with Crippen molar-refractivity contribution in [3.63, 3.8) is 0 Å². The van der Waals surface area contributed by atoms with Crippen LogP contribution < -0.4 is 5.32 Å². The predicted octanol–water partition coefficient (Wildman–Crippen LogP) is 5.02. The van der Waals surface area contributed by atoms with E-state index < -0.39 is 0 Å². The lowest BCUT2D eigenvalue weighted by Crippen LogP contribution is -2.47. The van der Waals surface area contributed by atoms with Gasteiger partial charge in [-0.3, -0.25) is 0 Å². The van der Waals surface area contributed by atoms with E-state index in [1.54, 1.807) is 12.1 Å². The fourth-order valence-corrected chi connectivity index (χ4v) is 4.08. The Hall–Kier alpha value is -0.890. The van der Waals surface area contributed by atoms with Crippen LogP contribution in [0, 0.1) is 11.7 Å². The van der Waals surface area contributed by atoms with Crippen LogP contribution in [0.2, 0.25) is 0 Å². The van der Waals surface area contributed by atoms with E-state index in [9.17, 15) is 4.39 Å². The molecule has 3 rings (SSSR count). The molecule has 0 aromatic heterocycles. The summed E-state index contributed by atoms with van der Waals surface area (Å²) < 4.78 is 12.9. The van der Waals surface area contributed by atoms with E-state index in [-0.39, 0.29) is 5.82 Å². The lowest BCUT2D eigenvalue weighted by molar-refractivity contribution is 0.228. The third-order valence-electron chi connectivity index (χ3n) is 5.59. The minimum Gasteiger partial charge on any atom is -0.311 e. The van der Waals surface area contributed by atoms with Crippen LogP contribution in [-0.4, -0.2) is 12.1 Å². The number of rotatable bonds is 4. The molecule has 0 bridgehead atoms. The normalized spacial score (nSPS) is 28.7. The molecule has 0 radical (unpaired) electrons. The minimum absolute atomic E-state index is 0.130. The van der Waals surface area contributed by atoms with Crippen LogP contribution in [0.5, 0.6) is 0 Å². The molecule has 1 aromatic rings. The molecule has 1 aromatic carbocycles. The zero-order chi connectivity index (χ0) is 14.7. The summed E-state index contributed by atoms with van der Waals surface area (Å²) in [5.74, 6) is 1.37. The van der Waals surface area contributed by atoms with Gasteiger partial charge in [-0.25, -0.2) is 4.39 Å². The van der Waals surface area contributed by atoms with E-state index in [0.29, 0.717) is 18.0 Å². The molecule has 0 unspecified atom stereocenters. The van der Waals surface area contributed by atoms with Crippen LogP contribution in [0.4, 0.5) is 4.39 Å². The molecule has 21 heavy (non-hydrogen) atoms. The lowest BCUT2D eigenvalue weighted by atomic mass is 9.75. The molecule has 116 valence electrons. The Kier molecular flexibility index (Phi) is 4.95. The van der Waals surface area contributed by atoms with Crippen LogP contribution in [-0.2, 0) is 0 Å². The van der Waals surface area contributed by atoms with Crippen LogP contribution >= 0.6 is 0 Å². The molecule has 0 saturated heterocycles. The van der Waals surface area contributed by atoms with Crippen molar-refractivity contribution in [2.45, 2.75) is 76.3 Å². The first-order chi connectivity index (χ1) is 10.2. The largest absolute Gasteiger partial charge is 0.311 e. The van der Waals surface area contributed by atoms with Crippen LogP contribution in [0.25, 0.3) is 0 Å². The molecule has 0 spiro atoms. The summed E-state index contributed by atoms with van der Waals surface area (Å²) in [5, 5.41) is 3.85. The first kappa shape index (κ1) is 15.0. The summed E-state index contributed by atoms with van der Waals surface area (Å²) in [6, 6.07) is 8.39. The Morgan fingerprint density at radius 2 is 1.62 bits per heavy atom. The average molecular weight is 289 g/mol. The summed E-state index contributed by atoms with van der Waals surface area (Å²) in [6.07, 6.45) is 10.9. The summed E-state index contributed by atoms with van der Waals surface area (Å²) in [5.41, 5.74) is 1.30. The summed E-state index contributed by atoms with van der Waals surface area (Å²) in [7, 11) is 0. The molecule has 1 atom stereocenters. The first-order valence-electron chi connectivity index (χ1n) is 8.74. The number of hydrogen-bond donors (Lipinski definition) is 1. The molecule has 2 heteroatoms. The third-order valence-corrected chi connectivity index (χ3v) is 5.59. The Morgan fingerprint density at radius 3 is 2.24 bits per heavy atom. The smallest absolute Gasteiger partial charge is 0.123 e. The van der Waals surface area contributed by atoms with E-state index >= 15 is 0 Å². The summed E-state index contributed by atoms with van der Waals surface area (Å²) in [6.45, 7) is 2.38. The summed E-state index contributed by atoms with van der Waals surface area (Å²) in [4.78, 5) is 0. The standard InChI is InChI=1S/C19H28FN/c1-14(15-6-4-2-3-5-7-15)21-19-12-17(13-19)16-8-10-18(20)11-9-16/h8-11,14-15,17,19,21H,2-7,12-13H2,1H3/t14-,17?,19?/m1/s1. The molecule has 0 aliphatic heterocycles. The van der Waals surface area contributed by atoms with Crippen LogP contribution in [0.3, 0.4) is 0 Å². The van der Waals surface area contributed by atoms with Gasteiger partial charge in [-0.05, 0) is 62.1 Å². The van der Waals surface area contributed by atoms with Crippen molar-refractivity contribution in [1.82, 2.24) is 5.32 Å². The van der Waals surface area contributed by atoms with Gasteiger partial charge in [-0.15, -0.1) is 0 Å². The van der Waals surface area contributed by atoms with Gasteiger partial charge in [0.15, 0.2) is 0 Å². The average Bonchev–Trinajstić information content (AvgIpc) is 2.72. The van der Waals surface area contributed by atoms with Gasteiger partial charge >= 0.3 is 0 Å². The minimum atomic E-state index is -0.130. The Balaban J connectivity index is 1.44. The van der Waals surface area contributed by atoms with Gasteiger partial charge in [0.25, 0.3) is 0 Å². The number of nitrogens with one attached hydrogen (secondary N) is 1. The Morgan fingerprint density at radius 1 is 1.00 bits per heavy atom. The van der Waals surface area contributed by atoms with E-state index in [0.717, 1.165) is 5.92 Å². The molecule has 0 amide bonds. The number of halogens is 1. The monoisotopic (exact) mass is 289 g/mol. The van der Waals surface area contributed by atoms with Crippen LogP contribution in [0.15, 0.2) is 24.3 Å². The molecular weight excluding hydrogens is 261 g/mol. The highest BCUT2D eigenvalue weighted by Crippen LogP contribution is 2.38. The third kappa shape index (κ3) is 3.85. The van der Waals surface area contributed by atoms with Crippen molar-refractivity contribution in [3.05, 3.63) is 35.6 Å². The van der Waals surface area contributed by atoms with Gasteiger partial charge in [0.2, 0.25) is 0 Å². The second-order valence-corrected chi connectivity index (χ2v) is 7.12. The fraction of sp³-hybridized carbons (Fsp3) is 0.684. The van der Waals surface area contributed by atoms with Crippen molar-refractivity contribution in [2.24, 2.45) is 5.92 Å². The maximum Gasteiger partial charge on any atom is 0.123 e. The Bertz CT molecular complexity index is 427. The quantitative estimate of drug-likeness (QED) is 0.767. The molecule has 1 N–H and O–H groups in total. The Labute approximate surface area is 128 Å². The maximum atomic E-state index is 12.9. The summed E-state index contributed by atoms with van der Waals surface area (Å²) >= 11 is 0. The predicted molar refractivity (Wildman–Crippen MR) is 86.0 cm³/mol. The van der Waals surface area contributed by atoms with Crippen molar-refractivity contribution in [2.75, 3.05) is 0 Å². The molecule has 2 aliphatic rings. The van der Waals surface area contributed by atoms with Gasteiger partial charge in [0.05, 0.1) is 0 Å². The molecule has 1 nitrogen and oxygen atoms in total. The number of hydrogen-bond acceptors (Lipinski definition) is 1. The molecule has 2 fully saturated rings. The zero-order valence-electron chi connectivity index (χ0n) is 13.2. The van der Waals surface area contributed by atoms with Crippen molar-refractivity contribution < 1.29 is 4.39 Å². The van der Waals surface area contributed by atoms with Crippen molar-refractivity contribution >= 4 is 0 Å². The maximum absolute atomic E-state index is 12.9. The number of benzene rings is 1. The van der Waals surface area contributed by atoms with Gasteiger partial charge in [-0.1, -0.05) is 37.8 Å². The van der Waals surface area contributed by atoms with Gasteiger partial charge in [-0.2, -0.15) is 0 Å². The van der Waals surface area contributed by atoms with E-state index in [4.69, 9.17) is 0 Å². The van der Waals surface area contributed by atoms with Crippen molar-refractivity contribution in [3.8, 4) is 0 Å². The zero-order valence-corrected chi connectivity index (χ0v) is 13.2. The first-order valence-corrected chi connectivity index (χ1v) is 8.74. The van der Waals surface area contributed by atoms with Crippen LogP contribution in [0.1, 0.15) is 69.8 Å². The second-order valence-electron chi connectivity index (χ2n) is 7.12. The van der Waals surface area contributed by atoms with Crippen molar-refractivity contribution in [1.29, 1.82) is 0 Å². The van der Waals surface area contributed by atoms with Gasteiger partial charge in [0, 0.05) is 12.1 Å². The highest BCUT2D eigenvalue weighted by Gasteiger charge is 2.32. The molecular formula is C19H28FN. The molecule has 0 heterocycles. The van der Waals surface area contributed by atoms with E-state index in [1.165, 1.54) is 56.9 Å². The topological polar surface area (TPSA) is 12.0 Å². The highest BCUT2D eigenvalue weighted by molar-refractivity contribution is 5.23.